The number of nitrogens with one attached hydrogen (secondary N) is 3. The first kappa shape index (κ1) is 21.5. The van der Waals surface area contributed by atoms with Crippen LogP contribution in [0.5, 0.6) is 5.75 Å². The number of benzene rings is 4. The van der Waals surface area contributed by atoms with Crippen molar-refractivity contribution in [1.29, 1.82) is 0 Å². The lowest BCUT2D eigenvalue weighted by atomic mass is 10.0. The van der Waals surface area contributed by atoms with Crippen LogP contribution in [-0.4, -0.2) is 21.0 Å². The Morgan fingerprint density at radius 1 is 0.848 bits per heavy atom. The Kier molecular flexibility index (Phi) is 5.73. The van der Waals surface area contributed by atoms with Gasteiger partial charge in [-0.15, -0.1) is 5.11 Å². The van der Waals surface area contributed by atoms with Crippen LogP contribution in [0.2, 0.25) is 0 Å². The fraction of sp³-hybridized carbons (Fsp3) is 0.0400. The van der Waals surface area contributed by atoms with Crippen LogP contribution in [0, 0.1) is 0 Å². The molecule has 0 saturated carbocycles. The molecule has 0 aliphatic carbocycles. The molecule has 1 amide bonds. The molecule has 1 heterocycles. The minimum Gasteiger partial charge on any atom is -0.505 e. The predicted molar refractivity (Wildman–Crippen MR) is 130 cm³/mol. The number of amides is 1. The van der Waals surface area contributed by atoms with Gasteiger partial charge < -0.3 is 20.4 Å². The first-order valence-electron chi connectivity index (χ1n) is 9.83. The molecule has 0 aliphatic heterocycles. The van der Waals surface area contributed by atoms with Gasteiger partial charge in [0.25, 0.3) is 5.91 Å². The van der Waals surface area contributed by atoms with Gasteiger partial charge >= 0.3 is 5.69 Å². The fourth-order valence-electron chi connectivity index (χ4n) is 3.50. The first-order valence-corrected chi connectivity index (χ1v) is 9.83. The van der Waals surface area contributed by atoms with Gasteiger partial charge in [-0.3, -0.25) is 4.79 Å². The van der Waals surface area contributed by atoms with Gasteiger partial charge in [0.1, 0.15) is 5.69 Å². The van der Waals surface area contributed by atoms with Gasteiger partial charge in [0.05, 0.1) is 22.3 Å². The van der Waals surface area contributed by atoms with Crippen molar-refractivity contribution < 1.29 is 9.90 Å². The van der Waals surface area contributed by atoms with E-state index in [9.17, 15) is 14.7 Å². The largest absolute Gasteiger partial charge is 0.505 e. The van der Waals surface area contributed by atoms with Crippen molar-refractivity contribution >= 4 is 44.8 Å². The number of hydrogen-bond donors (Lipinski definition) is 4. The van der Waals surface area contributed by atoms with E-state index in [1.165, 1.54) is 0 Å². The summed E-state index contributed by atoms with van der Waals surface area (Å²) in [4.78, 5) is 29.8. The van der Waals surface area contributed by atoms with Crippen LogP contribution in [0.1, 0.15) is 17.8 Å². The number of aromatic nitrogens is 2. The normalized spacial score (nSPS) is 11.0. The molecule has 33 heavy (non-hydrogen) atoms. The molecule has 0 spiro atoms. The van der Waals surface area contributed by atoms with Crippen molar-refractivity contribution in [1.82, 2.24) is 9.97 Å². The number of aromatic hydroxyl groups is 1. The van der Waals surface area contributed by atoms with Crippen LogP contribution in [-0.2, 0) is 0 Å². The van der Waals surface area contributed by atoms with Crippen LogP contribution < -0.4 is 11.0 Å². The zero-order valence-corrected chi connectivity index (χ0v) is 16.7. The van der Waals surface area contributed by atoms with Crippen molar-refractivity contribution in [2.24, 2.45) is 10.2 Å². The Balaban J connectivity index is 0.00000259. The number of fused-ring (bicyclic) bond motifs is 2. The van der Waals surface area contributed by atoms with E-state index >= 15 is 0 Å². The van der Waals surface area contributed by atoms with E-state index in [0.29, 0.717) is 27.8 Å². The highest BCUT2D eigenvalue weighted by Crippen LogP contribution is 2.39. The molecule has 5 rings (SSSR count). The lowest BCUT2D eigenvalue weighted by Crippen LogP contribution is -2.12. The van der Waals surface area contributed by atoms with Gasteiger partial charge in [0, 0.05) is 11.1 Å². The molecule has 4 aromatic carbocycles. The molecule has 0 bridgehead atoms. The summed E-state index contributed by atoms with van der Waals surface area (Å²) in [6, 6.07) is 23.0. The van der Waals surface area contributed by atoms with E-state index in [1.807, 2.05) is 42.5 Å². The second kappa shape index (κ2) is 8.80. The quantitative estimate of drug-likeness (QED) is 0.256. The Labute approximate surface area is 188 Å². The Morgan fingerprint density at radius 3 is 2.39 bits per heavy atom. The Bertz CT molecular complexity index is 1550. The van der Waals surface area contributed by atoms with Gasteiger partial charge in [-0.25, -0.2) is 4.79 Å². The molecule has 8 nitrogen and oxygen atoms in total. The van der Waals surface area contributed by atoms with Crippen molar-refractivity contribution in [3.8, 4) is 5.75 Å². The molecule has 0 atom stereocenters. The van der Waals surface area contributed by atoms with Crippen LogP contribution >= 0.6 is 0 Å². The highest BCUT2D eigenvalue weighted by molar-refractivity contribution is 6.12. The molecule has 0 unspecified atom stereocenters. The minimum atomic E-state index is -0.512. The Hall–Kier alpha value is -4.72. The van der Waals surface area contributed by atoms with Crippen molar-refractivity contribution in [2.45, 2.75) is 7.43 Å². The zero-order chi connectivity index (χ0) is 22.1. The number of phenolic OH excluding ortho intramolecular Hbond substituents is 1. The van der Waals surface area contributed by atoms with E-state index in [0.717, 1.165) is 5.39 Å². The molecule has 0 radical (unpaired) electrons. The van der Waals surface area contributed by atoms with Crippen LogP contribution in [0.25, 0.3) is 21.8 Å². The summed E-state index contributed by atoms with van der Waals surface area (Å²) in [6.45, 7) is 0. The predicted octanol–water partition coefficient (Wildman–Crippen LogP) is 6.02. The third-order valence-corrected chi connectivity index (χ3v) is 5.04. The van der Waals surface area contributed by atoms with E-state index in [1.54, 1.807) is 36.4 Å². The van der Waals surface area contributed by atoms with Gasteiger partial charge in [0.15, 0.2) is 5.75 Å². The van der Waals surface area contributed by atoms with Crippen molar-refractivity contribution in [3.05, 3.63) is 94.9 Å². The number of phenols is 1. The molecular weight excluding hydrogens is 418 g/mol. The summed E-state index contributed by atoms with van der Waals surface area (Å²) in [7, 11) is 0. The van der Waals surface area contributed by atoms with Crippen LogP contribution in [0.3, 0.4) is 0 Å². The lowest BCUT2D eigenvalue weighted by molar-refractivity contribution is 0.102. The van der Waals surface area contributed by atoms with E-state index in [-0.39, 0.29) is 30.1 Å². The third kappa shape index (κ3) is 4.22. The number of H-pyrrole nitrogens is 2. The van der Waals surface area contributed by atoms with Crippen LogP contribution in [0.4, 0.5) is 17.1 Å². The molecule has 0 aliphatic rings. The number of hydrogen-bond acceptors (Lipinski definition) is 5. The first-order chi connectivity index (χ1) is 15.6. The monoisotopic (exact) mass is 439 g/mol. The topological polar surface area (TPSA) is 123 Å². The number of carbonyl (C=O) groups is 1. The molecular formula is C25H21N5O3. The average Bonchev–Trinajstić information content (AvgIpc) is 3.18. The maximum atomic E-state index is 13.0. The van der Waals surface area contributed by atoms with E-state index in [2.05, 4.69) is 25.5 Å². The number of nitrogens with zero attached hydrogens (tertiary/aromatic N) is 2. The summed E-state index contributed by atoms with van der Waals surface area (Å²) in [6.07, 6.45) is 0. The lowest BCUT2D eigenvalue weighted by Gasteiger charge is -2.11. The Morgan fingerprint density at radius 2 is 1.58 bits per heavy atom. The summed E-state index contributed by atoms with van der Waals surface area (Å²) in [5.74, 6) is -0.779. The SMILES string of the molecule is C.O=C(Nc1ccc2[nH]c(=O)[nH]c2c1)c1cc2ccccc2c(N=Nc2ccccc2)c1O. The molecule has 0 saturated heterocycles. The molecule has 1 aromatic heterocycles. The molecule has 8 heteroatoms. The maximum Gasteiger partial charge on any atom is 0.323 e. The summed E-state index contributed by atoms with van der Waals surface area (Å²) >= 11 is 0. The summed E-state index contributed by atoms with van der Waals surface area (Å²) in [5, 5.41) is 23.5. The van der Waals surface area contributed by atoms with Crippen molar-refractivity contribution in [3.63, 3.8) is 0 Å². The molecule has 5 aromatic rings. The fourth-order valence-corrected chi connectivity index (χ4v) is 3.50. The average molecular weight is 439 g/mol. The van der Waals surface area contributed by atoms with Gasteiger partial charge in [-0.05, 0) is 41.8 Å². The second-order valence-electron chi connectivity index (χ2n) is 7.17. The smallest absolute Gasteiger partial charge is 0.323 e. The number of imidazole rings is 1. The third-order valence-electron chi connectivity index (χ3n) is 5.04. The van der Waals surface area contributed by atoms with Gasteiger partial charge in [0.2, 0.25) is 0 Å². The number of azo groups is 1. The number of rotatable bonds is 4. The standard InChI is InChI=1S/C24H17N5O3.CH4/c30-22-18(23(31)25-16-10-11-19-20(13-16)27-24(32)26-19)12-14-6-4-5-9-17(14)21(22)29-28-15-7-2-1-3-8-15;/h1-13,30H,(H,25,31)(H2,26,27,32);1H4. The zero-order valence-electron chi connectivity index (χ0n) is 16.7. The number of aromatic amines is 2. The molecule has 4 N–H and O–H groups in total. The van der Waals surface area contributed by atoms with E-state index < -0.39 is 5.91 Å². The highest BCUT2D eigenvalue weighted by atomic mass is 16.3. The molecule has 0 fully saturated rings. The number of carbonyl (C=O) groups excluding carboxylic acids is 1. The number of anilines is 1. The highest BCUT2D eigenvalue weighted by Gasteiger charge is 2.19. The minimum absolute atomic E-state index is 0. The van der Waals surface area contributed by atoms with E-state index in [4.69, 9.17) is 0 Å². The summed E-state index contributed by atoms with van der Waals surface area (Å²) < 4.78 is 0. The summed E-state index contributed by atoms with van der Waals surface area (Å²) in [5.41, 5.74) is 2.23. The second-order valence-corrected chi connectivity index (χ2v) is 7.17. The van der Waals surface area contributed by atoms with Crippen molar-refractivity contribution in [2.75, 3.05) is 5.32 Å². The van der Waals surface area contributed by atoms with Crippen LogP contribution in [0.15, 0.2) is 93.9 Å². The van der Waals surface area contributed by atoms with Gasteiger partial charge in [-0.2, -0.15) is 5.11 Å². The molecule has 164 valence electrons. The van der Waals surface area contributed by atoms with Gasteiger partial charge in [-0.1, -0.05) is 49.9 Å². The maximum absolute atomic E-state index is 13.0.